The van der Waals surface area contributed by atoms with Gasteiger partial charge in [-0.15, -0.1) is 0 Å². The van der Waals surface area contributed by atoms with Crippen LogP contribution in [-0.4, -0.2) is 21.2 Å². The number of aliphatic hydroxyl groups excluding tert-OH is 1. The van der Waals surface area contributed by atoms with Crippen LogP contribution < -0.4 is 0 Å². The zero-order valence-electron chi connectivity index (χ0n) is 9.27. The lowest BCUT2D eigenvalue weighted by Crippen LogP contribution is -2.16. The van der Waals surface area contributed by atoms with Gasteiger partial charge in [0.05, 0.1) is 22.7 Å². The minimum Gasteiger partial charge on any atom is -0.392 e. The van der Waals surface area contributed by atoms with Crippen molar-refractivity contribution in [1.29, 1.82) is 0 Å². The van der Waals surface area contributed by atoms with Gasteiger partial charge in [0, 0.05) is 4.90 Å². The molecule has 0 aliphatic heterocycles. The highest BCUT2D eigenvalue weighted by molar-refractivity contribution is 7.85. The third kappa shape index (κ3) is 4.14. The summed E-state index contributed by atoms with van der Waals surface area (Å²) < 4.78 is 11.8. The molecule has 3 heteroatoms. The molecule has 0 amide bonds. The van der Waals surface area contributed by atoms with Crippen LogP contribution in [0, 0.1) is 6.92 Å². The van der Waals surface area contributed by atoms with Gasteiger partial charge in [0.1, 0.15) is 0 Å². The van der Waals surface area contributed by atoms with Crippen molar-refractivity contribution in [3.05, 3.63) is 29.8 Å². The number of rotatable bonds is 5. The van der Waals surface area contributed by atoms with Gasteiger partial charge in [-0.3, -0.25) is 4.21 Å². The van der Waals surface area contributed by atoms with Crippen molar-refractivity contribution in [2.45, 2.75) is 37.7 Å². The summed E-state index contributed by atoms with van der Waals surface area (Å²) in [6.45, 7) is 4.01. The van der Waals surface area contributed by atoms with Gasteiger partial charge in [0.15, 0.2) is 0 Å². The highest BCUT2D eigenvalue weighted by Crippen LogP contribution is 2.10. The van der Waals surface area contributed by atoms with E-state index in [-0.39, 0.29) is 0 Å². The average Bonchev–Trinajstić information content (AvgIpc) is 2.18. The van der Waals surface area contributed by atoms with Crippen molar-refractivity contribution < 1.29 is 9.32 Å². The molecule has 84 valence electrons. The van der Waals surface area contributed by atoms with Gasteiger partial charge >= 0.3 is 0 Å². The lowest BCUT2D eigenvalue weighted by Gasteiger charge is -2.08. The summed E-state index contributed by atoms with van der Waals surface area (Å²) in [6.07, 6.45) is 1.20. The molecular formula is C12H18O2S. The van der Waals surface area contributed by atoms with E-state index in [1.807, 2.05) is 38.1 Å². The molecule has 0 aliphatic rings. The maximum absolute atomic E-state index is 11.8. The molecular weight excluding hydrogens is 208 g/mol. The van der Waals surface area contributed by atoms with Crippen LogP contribution in [0.25, 0.3) is 0 Å². The highest BCUT2D eigenvalue weighted by Gasteiger charge is 2.10. The topological polar surface area (TPSA) is 37.3 Å². The lowest BCUT2D eigenvalue weighted by molar-refractivity contribution is 0.187. The fourth-order valence-corrected chi connectivity index (χ4v) is 2.53. The lowest BCUT2D eigenvalue weighted by atomic mass is 10.2. The van der Waals surface area contributed by atoms with Crippen LogP contribution in [-0.2, 0) is 10.8 Å². The Morgan fingerprint density at radius 2 is 1.93 bits per heavy atom. The first-order chi connectivity index (χ1) is 7.13. The number of aliphatic hydroxyl groups is 1. The Morgan fingerprint density at radius 3 is 2.47 bits per heavy atom. The number of hydrogen-bond acceptors (Lipinski definition) is 2. The Balaban J connectivity index is 2.57. The van der Waals surface area contributed by atoms with E-state index in [1.165, 1.54) is 0 Å². The molecule has 15 heavy (non-hydrogen) atoms. The van der Waals surface area contributed by atoms with Gasteiger partial charge in [-0.25, -0.2) is 0 Å². The number of benzene rings is 1. The minimum absolute atomic E-state index is 0.344. The first-order valence-electron chi connectivity index (χ1n) is 5.26. The van der Waals surface area contributed by atoms with Crippen LogP contribution in [0.2, 0.25) is 0 Å². The first-order valence-corrected chi connectivity index (χ1v) is 6.58. The van der Waals surface area contributed by atoms with Crippen LogP contribution in [0.4, 0.5) is 0 Å². The predicted molar refractivity (Wildman–Crippen MR) is 63.4 cm³/mol. The van der Waals surface area contributed by atoms with Crippen LogP contribution in [0.5, 0.6) is 0 Å². The molecule has 0 radical (unpaired) electrons. The summed E-state index contributed by atoms with van der Waals surface area (Å²) in [5.74, 6) is 0.344. The van der Waals surface area contributed by atoms with Gasteiger partial charge < -0.3 is 5.11 Å². The molecule has 0 saturated heterocycles. The fourth-order valence-electron chi connectivity index (χ4n) is 1.38. The summed E-state index contributed by atoms with van der Waals surface area (Å²) >= 11 is 0. The molecule has 0 saturated carbocycles. The maximum Gasteiger partial charge on any atom is 0.0658 e. The van der Waals surface area contributed by atoms with Crippen LogP contribution in [0.1, 0.15) is 25.3 Å². The molecule has 0 aliphatic carbocycles. The Bertz CT molecular complexity index is 319. The van der Waals surface area contributed by atoms with E-state index in [2.05, 4.69) is 0 Å². The molecule has 2 nitrogen and oxygen atoms in total. The Hall–Kier alpha value is -0.670. The number of hydrogen-bond donors (Lipinski definition) is 1. The molecule has 0 aromatic heterocycles. The molecule has 2 unspecified atom stereocenters. The summed E-state index contributed by atoms with van der Waals surface area (Å²) in [5, 5.41) is 9.54. The highest BCUT2D eigenvalue weighted by atomic mass is 32.2. The molecule has 0 heterocycles. The van der Waals surface area contributed by atoms with Gasteiger partial charge in [0.2, 0.25) is 0 Å². The minimum atomic E-state index is -1.07. The molecule has 1 aromatic carbocycles. The molecule has 0 fully saturated rings. The Kier molecular flexibility index (Phi) is 4.99. The van der Waals surface area contributed by atoms with Crippen molar-refractivity contribution in [3.8, 4) is 0 Å². The normalized spacial score (nSPS) is 14.9. The molecule has 1 aromatic rings. The monoisotopic (exact) mass is 226 g/mol. The van der Waals surface area contributed by atoms with E-state index in [4.69, 9.17) is 0 Å². The van der Waals surface area contributed by atoms with Crippen molar-refractivity contribution in [2.75, 3.05) is 5.75 Å². The maximum atomic E-state index is 11.8. The van der Waals surface area contributed by atoms with Crippen molar-refractivity contribution in [2.24, 2.45) is 0 Å². The Labute approximate surface area is 93.8 Å². The smallest absolute Gasteiger partial charge is 0.0658 e. The largest absolute Gasteiger partial charge is 0.392 e. The Morgan fingerprint density at radius 1 is 1.33 bits per heavy atom. The average molecular weight is 226 g/mol. The van der Waals surface area contributed by atoms with Crippen LogP contribution in [0.3, 0.4) is 0 Å². The van der Waals surface area contributed by atoms with Crippen LogP contribution in [0.15, 0.2) is 29.2 Å². The third-order valence-electron chi connectivity index (χ3n) is 2.25. The summed E-state index contributed by atoms with van der Waals surface area (Å²) in [6, 6.07) is 7.62. The summed E-state index contributed by atoms with van der Waals surface area (Å²) in [7, 11) is -1.07. The van der Waals surface area contributed by atoms with Gasteiger partial charge in [-0.1, -0.05) is 31.0 Å². The van der Waals surface area contributed by atoms with Crippen molar-refractivity contribution in [3.63, 3.8) is 0 Å². The van der Waals surface area contributed by atoms with E-state index in [9.17, 15) is 9.32 Å². The van der Waals surface area contributed by atoms with Gasteiger partial charge in [0.25, 0.3) is 0 Å². The fraction of sp³-hybridized carbons (Fsp3) is 0.500. The molecule has 0 bridgehead atoms. The van der Waals surface area contributed by atoms with E-state index in [1.54, 1.807) is 0 Å². The third-order valence-corrected chi connectivity index (χ3v) is 3.74. The quantitative estimate of drug-likeness (QED) is 0.836. The molecule has 2 atom stereocenters. The summed E-state index contributed by atoms with van der Waals surface area (Å²) in [5.41, 5.74) is 1.16. The molecule has 1 N–H and O–H groups in total. The standard InChI is InChI=1S/C12H18O2S/c1-3-4-11(13)9-15(14)12-7-5-10(2)6-8-12/h5-8,11,13H,3-4,9H2,1-2H3. The number of aryl methyl sites for hydroxylation is 1. The van der Waals surface area contributed by atoms with Gasteiger partial charge in [-0.2, -0.15) is 0 Å². The van der Waals surface area contributed by atoms with Crippen LogP contribution >= 0.6 is 0 Å². The second kappa shape index (κ2) is 6.03. The van der Waals surface area contributed by atoms with E-state index >= 15 is 0 Å². The van der Waals surface area contributed by atoms with E-state index < -0.39 is 16.9 Å². The van der Waals surface area contributed by atoms with E-state index in [0.717, 1.165) is 23.3 Å². The summed E-state index contributed by atoms with van der Waals surface area (Å²) in [4.78, 5) is 0.802. The first kappa shape index (κ1) is 12.4. The predicted octanol–water partition coefficient (Wildman–Crippen LogP) is 2.26. The molecule has 1 rings (SSSR count). The second-order valence-electron chi connectivity index (χ2n) is 3.77. The second-order valence-corrected chi connectivity index (χ2v) is 5.26. The van der Waals surface area contributed by atoms with Crippen molar-refractivity contribution >= 4 is 10.8 Å². The molecule has 0 spiro atoms. The van der Waals surface area contributed by atoms with Gasteiger partial charge in [-0.05, 0) is 25.5 Å². The SMILES string of the molecule is CCCC(O)CS(=O)c1ccc(C)cc1. The zero-order valence-corrected chi connectivity index (χ0v) is 10.1. The van der Waals surface area contributed by atoms with E-state index in [0.29, 0.717) is 5.75 Å². The zero-order chi connectivity index (χ0) is 11.3. The van der Waals surface area contributed by atoms with Crippen molar-refractivity contribution in [1.82, 2.24) is 0 Å².